The van der Waals surface area contributed by atoms with Crippen LogP contribution in [0.25, 0.3) is 11.5 Å². The van der Waals surface area contributed by atoms with Gasteiger partial charge in [0.05, 0.1) is 13.7 Å². The van der Waals surface area contributed by atoms with Crippen LogP contribution in [0, 0.1) is 6.92 Å². The summed E-state index contributed by atoms with van der Waals surface area (Å²) in [4.78, 5) is 8.47. The van der Waals surface area contributed by atoms with E-state index in [-0.39, 0.29) is 6.79 Å². The highest BCUT2D eigenvalue weighted by Crippen LogP contribution is 2.44. The molecule has 0 saturated heterocycles. The molecule has 23 heavy (non-hydrogen) atoms. The van der Waals surface area contributed by atoms with E-state index in [2.05, 4.69) is 15.1 Å². The molecule has 3 heterocycles. The molecule has 8 heteroatoms. The standard InChI is InChI=1S/C15H14N4O4/c1-9-11(5-19-7-16-6-17-19)18-15(23-9)10-3-12(20-2)14-13(4-10)21-8-22-14/h3-4,6-7H,5,8H2,1-2H3. The highest BCUT2D eigenvalue weighted by atomic mass is 16.7. The first-order valence-corrected chi connectivity index (χ1v) is 7.01. The second-order valence-electron chi connectivity index (χ2n) is 5.03. The van der Waals surface area contributed by atoms with Gasteiger partial charge in [-0.25, -0.2) is 14.6 Å². The molecule has 0 fully saturated rings. The van der Waals surface area contributed by atoms with Crippen molar-refractivity contribution >= 4 is 0 Å². The summed E-state index contributed by atoms with van der Waals surface area (Å²) in [5.74, 6) is 3.03. The molecular weight excluding hydrogens is 300 g/mol. The van der Waals surface area contributed by atoms with Gasteiger partial charge >= 0.3 is 0 Å². The van der Waals surface area contributed by atoms with Gasteiger partial charge in [-0.1, -0.05) is 0 Å². The molecule has 4 rings (SSSR count). The fourth-order valence-corrected chi connectivity index (χ4v) is 2.42. The third kappa shape index (κ3) is 2.37. The number of hydrogen-bond donors (Lipinski definition) is 0. The second kappa shape index (κ2) is 5.31. The van der Waals surface area contributed by atoms with Gasteiger partial charge in [-0.2, -0.15) is 5.10 Å². The van der Waals surface area contributed by atoms with E-state index in [1.54, 1.807) is 18.1 Å². The maximum absolute atomic E-state index is 5.78. The number of ether oxygens (including phenoxy) is 3. The summed E-state index contributed by atoms with van der Waals surface area (Å²) >= 11 is 0. The van der Waals surface area contributed by atoms with Crippen LogP contribution in [0.2, 0.25) is 0 Å². The molecular formula is C15H14N4O4. The van der Waals surface area contributed by atoms with Gasteiger partial charge < -0.3 is 18.6 Å². The number of fused-ring (bicyclic) bond motifs is 1. The van der Waals surface area contributed by atoms with Crippen molar-refractivity contribution in [2.45, 2.75) is 13.5 Å². The van der Waals surface area contributed by atoms with Crippen LogP contribution in [0.3, 0.4) is 0 Å². The second-order valence-corrected chi connectivity index (χ2v) is 5.03. The van der Waals surface area contributed by atoms with Crippen molar-refractivity contribution in [1.29, 1.82) is 0 Å². The van der Waals surface area contributed by atoms with Crippen LogP contribution in [0.4, 0.5) is 0 Å². The minimum absolute atomic E-state index is 0.178. The van der Waals surface area contributed by atoms with Crippen molar-refractivity contribution in [1.82, 2.24) is 19.7 Å². The van der Waals surface area contributed by atoms with Crippen LogP contribution in [0.5, 0.6) is 17.2 Å². The fourth-order valence-electron chi connectivity index (χ4n) is 2.42. The van der Waals surface area contributed by atoms with Crippen molar-refractivity contribution in [2.75, 3.05) is 13.9 Å². The van der Waals surface area contributed by atoms with Crippen LogP contribution in [-0.2, 0) is 6.54 Å². The maximum Gasteiger partial charge on any atom is 0.231 e. The van der Waals surface area contributed by atoms with E-state index in [9.17, 15) is 0 Å². The topological polar surface area (TPSA) is 84.4 Å². The van der Waals surface area contributed by atoms with Crippen molar-refractivity contribution < 1.29 is 18.6 Å². The van der Waals surface area contributed by atoms with Crippen LogP contribution in [0.1, 0.15) is 11.5 Å². The summed E-state index contributed by atoms with van der Waals surface area (Å²) in [6, 6.07) is 3.65. The zero-order valence-electron chi connectivity index (χ0n) is 12.6. The Morgan fingerprint density at radius 3 is 3.00 bits per heavy atom. The van der Waals surface area contributed by atoms with Crippen molar-refractivity contribution in [3.63, 3.8) is 0 Å². The molecule has 0 atom stereocenters. The van der Waals surface area contributed by atoms with Crippen LogP contribution < -0.4 is 14.2 Å². The predicted molar refractivity (Wildman–Crippen MR) is 78.5 cm³/mol. The fraction of sp³-hybridized carbons (Fsp3) is 0.267. The third-order valence-electron chi connectivity index (χ3n) is 3.58. The van der Waals surface area contributed by atoms with Gasteiger partial charge in [0, 0.05) is 5.56 Å². The molecule has 118 valence electrons. The Morgan fingerprint density at radius 2 is 2.22 bits per heavy atom. The molecule has 0 radical (unpaired) electrons. The lowest BCUT2D eigenvalue weighted by molar-refractivity contribution is 0.171. The van der Waals surface area contributed by atoms with Crippen LogP contribution in [0.15, 0.2) is 29.2 Å². The highest BCUT2D eigenvalue weighted by molar-refractivity contribution is 5.66. The van der Waals surface area contributed by atoms with Gasteiger partial charge in [0.25, 0.3) is 0 Å². The number of oxazole rings is 1. The normalized spacial score (nSPS) is 12.6. The van der Waals surface area contributed by atoms with Gasteiger partial charge in [-0.3, -0.25) is 0 Å². The SMILES string of the molecule is COc1cc(-c2nc(Cn3cncn3)c(C)o2)cc2c1OCO2. The quantitative estimate of drug-likeness (QED) is 0.728. The molecule has 1 aromatic carbocycles. The van der Waals surface area contributed by atoms with Crippen molar-refractivity contribution in [3.8, 4) is 28.7 Å². The molecule has 1 aliphatic heterocycles. The van der Waals surface area contributed by atoms with Gasteiger partial charge in [-0.05, 0) is 19.1 Å². The summed E-state index contributed by atoms with van der Waals surface area (Å²) in [5.41, 5.74) is 1.56. The molecule has 0 bridgehead atoms. The molecule has 0 amide bonds. The van der Waals surface area contributed by atoms with E-state index in [0.29, 0.717) is 29.7 Å². The van der Waals surface area contributed by atoms with E-state index in [1.165, 1.54) is 6.33 Å². The Bertz CT molecular complexity index is 842. The first-order chi connectivity index (χ1) is 11.2. The van der Waals surface area contributed by atoms with E-state index in [4.69, 9.17) is 18.6 Å². The maximum atomic E-state index is 5.78. The molecule has 0 saturated carbocycles. The van der Waals surface area contributed by atoms with Crippen LogP contribution >= 0.6 is 0 Å². The monoisotopic (exact) mass is 314 g/mol. The Labute approximate surface area is 131 Å². The number of aryl methyl sites for hydroxylation is 1. The number of rotatable bonds is 4. The predicted octanol–water partition coefficient (Wildman–Crippen LogP) is 2.03. The number of hydrogen-bond acceptors (Lipinski definition) is 7. The van der Waals surface area contributed by atoms with Gasteiger partial charge in [0.15, 0.2) is 11.5 Å². The Morgan fingerprint density at radius 1 is 1.30 bits per heavy atom. The van der Waals surface area contributed by atoms with E-state index >= 15 is 0 Å². The van der Waals surface area contributed by atoms with Gasteiger partial charge in [0.1, 0.15) is 24.1 Å². The highest BCUT2D eigenvalue weighted by Gasteiger charge is 2.22. The Balaban J connectivity index is 1.71. The minimum Gasteiger partial charge on any atom is -0.493 e. The lowest BCUT2D eigenvalue weighted by Gasteiger charge is -2.06. The Hall–Kier alpha value is -3.03. The van der Waals surface area contributed by atoms with E-state index < -0.39 is 0 Å². The molecule has 3 aromatic rings. The molecule has 8 nitrogen and oxygen atoms in total. The summed E-state index contributed by atoms with van der Waals surface area (Å²) in [6.45, 7) is 2.54. The molecule has 0 N–H and O–H groups in total. The number of aromatic nitrogens is 4. The van der Waals surface area contributed by atoms with E-state index in [0.717, 1.165) is 17.0 Å². The molecule has 2 aromatic heterocycles. The smallest absolute Gasteiger partial charge is 0.231 e. The third-order valence-corrected chi connectivity index (χ3v) is 3.58. The minimum atomic E-state index is 0.178. The average Bonchev–Trinajstić information content (AvgIpc) is 3.28. The lowest BCUT2D eigenvalue weighted by Crippen LogP contribution is -2.01. The van der Waals surface area contributed by atoms with Crippen molar-refractivity contribution in [2.24, 2.45) is 0 Å². The van der Waals surface area contributed by atoms with E-state index in [1.807, 2.05) is 19.1 Å². The van der Waals surface area contributed by atoms with Crippen LogP contribution in [-0.4, -0.2) is 33.7 Å². The summed E-state index contributed by atoms with van der Waals surface area (Å²) in [7, 11) is 1.58. The van der Waals surface area contributed by atoms with Gasteiger partial charge in [0.2, 0.25) is 18.4 Å². The first kappa shape index (κ1) is 13.6. The Kier molecular flexibility index (Phi) is 3.14. The summed E-state index contributed by atoms with van der Waals surface area (Å²) in [5, 5.41) is 4.08. The molecule has 0 spiro atoms. The molecule has 1 aliphatic rings. The number of benzene rings is 1. The first-order valence-electron chi connectivity index (χ1n) is 7.01. The number of nitrogens with zero attached hydrogens (tertiary/aromatic N) is 4. The molecule has 0 unspecified atom stereocenters. The zero-order valence-corrected chi connectivity index (χ0v) is 12.6. The average molecular weight is 314 g/mol. The summed E-state index contributed by atoms with van der Waals surface area (Å²) < 4.78 is 23.6. The number of methoxy groups -OCH3 is 1. The van der Waals surface area contributed by atoms with Crippen molar-refractivity contribution in [3.05, 3.63) is 36.2 Å². The molecule has 0 aliphatic carbocycles. The van der Waals surface area contributed by atoms with Gasteiger partial charge in [-0.15, -0.1) is 0 Å². The lowest BCUT2D eigenvalue weighted by atomic mass is 10.2. The largest absolute Gasteiger partial charge is 0.493 e. The summed E-state index contributed by atoms with van der Waals surface area (Å²) in [6.07, 6.45) is 3.12. The zero-order chi connectivity index (χ0) is 15.8.